The fourth-order valence-electron chi connectivity index (χ4n) is 1.85. The fraction of sp³-hybridized carbons (Fsp3) is 0.0556. The Morgan fingerprint density at radius 3 is 2.52 bits per heavy atom. The van der Waals surface area contributed by atoms with Crippen LogP contribution in [0.5, 0.6) is 5.75 Å². The molecular formula is C18H10FN3O. The van der Waals surface area contributed by atoms with Crippen molar-refractivity contribution in [1.29, 1.82) is 15.8 Å². The van der Waals surface area contributed by atoms with Gasteiger partial charge in [-0.2, -0.15) is 15.8 Å². The lowest BCUT2D eigenvalue weighted by molar-refractivity contribution is 0.300. The Morgan fingerprint density at radius 1 is 1.09 bits per heavy atom. The van der Waals surface area contributed by atoms with Crippen molar-refractivity contribution in [3.8, 4) is 24.0 Å². The molecular weight excluding hydrogens is 293 g/mol. The van der Waals surface area contributed by atoms with Gasteiger partial charge in [0.05, 0.1) is 11.6 Å². The molecule has 0 spiro atoms. The summed E-state index contributed by atoms with van der Waals surface area (Å²) >= 11 is 0. The second-order valence-corrected chi connectivity index (χ2v) is 4.56. The normalized spacial score (nSPS) is 9.13. The lowest BCUT2D eigenvalue weighted by Gasteiger charge is -2.08. The number of ether oxygens (including phenoxy) is 1. The second kappa shape index (κ2) is 7.41. The number of hydrogen-bond acceptors (Lipinski definition) is 4. The van der Waals surface area contributed by atoms with Crippen LogP contribution in [0.15, 0.2) is 48.0 Å². The SMILES string of the molecule is N#CC(C#N)=Cc1cccc(OCc2ccc(C#N)cc2F)c1. The Kier molecular flexibility index (Phi) is 5.08. The molecule has 0 saturated carbocycles. The molecule has 0 atom stereocenters. The van der Waals surface area contributed by atoms with Crippen molar-refractivity contribution in [3.05, 3.63) is 70.5 Å². The van der Waals surface area contributed by atoms with Gasteiger partial charge in [0, 0.05) is 5.56 Å². The van der Waals surface area contributed by atoms with Crippen molar-refractivity contribution >= 4 is 6.08 Å². The fourth-order valence-corrected chi connectivity index (χ4v) is 1.85. The summed E-state index contributed by atoms with van der Waals surface area (Å²) in [7, 11) is 0. The highest BCUT2D eigenvalue weighted by Gasteiger charge is 2.05. The van der Waals surface area contributed by atoms with Crippen LogP contribution in [-0.4, -0.2) is 0 Å². The van der Waals surface area contributed by atoms with Gasteiger partial charge < -0.3 is 4.74 Å². The van der Waals surface area contributed by atoms with E-state index in [0.29, 0.717) is 16.9 Å². The van der Waals surface area contributed by atoms with Crippen LogP contribution in [-0.2, 0) is 6.61 Å². The van der Waals surface area contributed by atoms with E-state index in [4.69, 9.17) is 20.5 Å². The number of benzene rings is 2. The molecule has 0 heterocycles. The number of allylic oxidation sites excluding steroid dienone is 1. The van der Waals surface area contributed by atoms with Crippen molar-refractivity contribution in [2.75, 3.05) is 0 Å². The number of rotatable bonds is 4. The summed E-state index contributed by atoms with van der Waals surface area (Å²) in [4.78, 5) is 0. The average Bonchev–Trinajstić information content (AvgIpc) is 2.58. The average molecular weight is 303 g/mol. The van der Waals surface area contributed by atoms with Crippen LogP contribution in [0, 0.1) is 39.8 Å². The molecule has 0 unspecified atom stereocenters. The minimum absolute atomic E-state index is 0.00800. The zero-order valence-corrected chi connectivity index (χ0v) is 12.0. The largest absolute Gasteiger partial charge is 0.489 e. The van der Waals surface area contributed by atoms with Gasteiger partial charge in [-0.05, 0) is 35.9 Å². The van der Waals surface area contributed by atoms with Crippen molar-refractivity contribution in [2.24, 2.45) is 0 Å². The molecule has 0 aliphatic rings. The molecule has 2 rings (SSSR count). The van der Waals surface area contributed by atoms with Gasteiger partial charge in [-0.1, -0.05) is 18.2 Å². The van der Waals surface area contributed by atoms with Gasteiger partial charge in [0.25, 0.3) is 0 Å². The first-order valence-corrected chi connectivity index (χ1v) is 6.59. The Bertz CT molecular complexity index is 866. The molecule has 4 nitrogen and oxygen atoms in total. The zero-order valence-electron chi connectivity index (χ0n) is 12.0. The van der Waals surface area contributed by atoms with E-state index in [9.17, 15) is 4.39 Å². The van der Waals surface area contributed by atoms with Gasteiger partial charge in [0.2, 0.25) is 0 Å². The van der Waals surface area contributed by atoms with Crippen molar-refractivity contribution in [1.82, 2.24) is 0 Å². The topological polar surface area (TPSA) is 80.6 Å². The molecule has 2 aromatic rings. The van der Waals surface area contributed by atoms with Crippen LogP contribution in [0.3, 0.4) is 0 Å². The molecule has 0 bridgehead atoms. The molecule has 0 N–H and O–H groups in total. The summed E-state index contributed by atoms with van der Waals surface area (Å²) in [6.07, 6.45) is 1.44. The van der Waals surface area contributed by atoms with Crippen LogP contribution in [0.2, 0.25) is 0 Å². The second-order valence-electron chi connectivity index (χ2n) is 4.56. The van der Waals surface area contributed by atoms with E-state index < -0.39 is 5.82 Å². The molecule has 0 amide bonds. The van der Waals surface area contributed by atoms with E-state index in [0.717, 1.165) is 6.07 Å². The van der Waals surface area contributed by atoms with Gasteiger partial charge in [-0.25, -0.2) is 4.39 Å². The predicted molar refractivity (Wildman–Crippen MR) is 81.1 cm³/mol. The van der Waals surface area contributed by atoms with Gasteiger partial charge in [-0.3, -0.25) is 0 Å². The summed E-state index contributed by atoms with van der Waals surface area (Å²) in [5, 5.41) is 26.2. The van der Waals surface area contributed by atoms with E-state index in [2.05, 4.69) is 0 Å². The maximum atomic E-state index is 13.8. The predicted octanol–water partition coefficient (Wildman–Crippen LogP) is 3.71. The number of halogens is 1. The molecule has 2 aromatic carbocycles. The minimum Gasteiger partial charge on any atom is -0.489 e. The molecule has 0 aliphatic heterocycles. The van der Waals surface area contributed by atoms with Crippen LogP contribution >= 0.6 is 0 Å². The standard InChI is InChI=1S/C18H10FN3O/c19-18-8-14(9-20)4-5-16(18)12-23-17-3-1-2-13(7-17)6-15(10-21)11-22/h1-8H,12H2. The molecule has 0 saturated heterocycles. The third-order valence-corrected chi connectivity index (χ3v) is 2.99. The Hall–Kier alpha value is -3.62. The Morgan fingerprint density at radius 2 is 1.87 bits per heavy atom. The van der Waals surface area contributed by atoms with Crippen LogP contribution in [0.25, 0.3) is 6.08 Å². The van der Waals surface area contributed by atoms with E-state index in [-0.39, 0.29) is 17.7 Å². The van der Waals surface area contributed by atoms with Gasteiger partial charge in [0.1, 0.15) is 35.9 Å². The minimum atomic E-state index is -0.503. The van der Waals surface area contributed by atoms with Gasteiger partial charge in [0.15, 0.2) is 0 Å². The van der Waals surface area contributed by atoms with Crippen LogP contribution in [0.4, 0.5) is 4.39 Å². The highest BCUT2D eigenvalue weighted by atomic mass is 19.1. The van der Waals surface area contributed by atoms with Crippen LogP contribution < -0.4 is 4.74 Å². The van der Waals surface area contributed by atoms with E-state index >= 15 is 0 Å². The molecule has 23 heavy (non-hydrogen) atoms. The van der Waals surface area contributed by atoms with E-state index in [1.807, 2.05) is 6.07 Å². The molecule has 110 valence electrons. The lowest BCUT2D eigenvalue weighted by Crippen LogP contribution is -1.99. The summed E-state index contributed by atoms with van der Waals surface area (Å²) in [5.41, 5.74) is 1.21. The lowest BCUT2D eigenvalue weighted by atomic mass is 10.1. The molecule has 0 aromatic heterocycles. The van der Waals surface area contributed by atoms with Gasteiger partial charge >= 0.3 is 0 Å². The summed E-state index contributed by atoms with van der Waals surface area (Å²) in [5.74, 6) is -0.0194. The quantitative estimate of drug-likeness (QED) is 0.806. The third-order valence-electron chi connectivity index (χ3n) is 2.99. The first-order chi connectivity index (χ1) is 11.2. The number of nitriles is 3. The Balaban J connectivity index is 2.13. The van der Waals surface area contributed by atoms with E-state index in [1.165, 1.54) is 18.2 Å². The first kappa shape index (κ1) is 15.8. The third kappa shape index (κ3) is 4.17. The van der Waals surface area contributed by atoms with Crippen molar-refractivity contribution < 1.29 is 9.13 Å². The maximum absolute atomic E-state index is 13.8. The summed E-state index contributed by atoms with van der Waals surface area (Å²) in [6, 6.07) is 16.4. The van der Waals surface area contributed by atoms with Crippen molar-refractivity contribution in [2.45, 2.75) is 6.61 Å². The summed E-state index contributed by atoms with van der Waals surface area (Å²) < 4.78 is 19.3. The van der Waals surface area contributed by atoms with Gasteiger partial charge in [-0.15, -0.1) is 0 Å². The maximum Gasteiger partial charge on any atom is 0.131 e. The summed E-state index contributed by atoms with van der Waals surface area (Å²) in [6.45, 7) is 0.00800. The molecule has 0 fully saturated rings. The monoisotopic (exact) mass is 303 g/mol. The first-order valence-electron chi connectivity index (χ1n) is 6.59. The van der Waals surface area contributed by atoms with Crippen molar-refractivity contribution in [3.63, 3.8) is 0 Å². The number of nitrogens with zero attached hydrogens (tertiary/aromatic N) is 3. The number of hydrogen-bond donors (Lipinski definition) is 0. The highest BCUT2D eigenvalue weighted by molar-refractivity contribution is 5.62. The van der Waals surface area contributed by atoms with Crippen LogP contribution in [0.1, 0.15) is 16.7 Å². The molecule has 5 heteroatoms. The smallest absolute Gasteiger partial charge is 0.131 e. The van der Waals surface area contributed by atoms with E-state index in [1.54, 1.807) is 36.4 Å². The zero-order chi connectivity index (χ0) is 16.7. The molecule has 0 radical (unpaired) electrons. The highest BCUT2D eigenvalue weighted by Crippen LogP contribution is 2.18. The molecule has 0 aliphatic carbocycles. The Labute approximate surface area is 132 Å².